The highest BCUT2D eigenvalue weighted by atomic mass is 16.3. The van der Waals surface area contributed by atoms with Crippen LogP contribution in [-0.4, -0.2) is 0 Å². The van der Waals surface area contributed by atoms with Crippen LogP contribution in [0.25, 0.3) is 110 Å². The number of para-hydroxylation sites is 1. The summed E-state index contributed by atoms with van der Waals surface area (Å²) in [5, 5.41) is 9.48. The van der Waals surface area contributed by atoms with Gasteiger partial charge in [0.2, 0.25) is 0 Å². The average molecular weight is 749 g/mol. The second-order valence-corrected chi connectivity index (χ2v) is 16.3. The van der Waals surface area contributed by atoms with Gasteiger partial charge >= 0.3 is 0 Å². The maximum absolute atomic E-state index is 6.58. The lowest BCUT2D eigenvalue weighted by Gasteiger charge is -2.31. The third kappa shape index (κ3) is 4.00. The first-order chi connectivity index (χ1) is 29.2. The third-order valence-electron chi connectivity index (χ3n) is 13.5. The van der Waals surface area contributed by atoms with Gasteiger partial charge in [0.25, 0.3) is 0 Å². The summed E-state index contributed by atoms with van der Waals surface area (Å²) in [5.74, 6) is 0. The molecule has 0 N–H and O–H groups in total. The fourth-order valence-corrected chi connectivity index (χ4v) is 11.1. The van der Waals surface area contributed by atoms with Crippen LogP contribution in [0.4, 0.5) is 0 Å². The van der Waals surface area contributed by atoms with E-state index in [0.717, 1.165) is 43.9 Å². The zero-order valence-corrected chi connectivity index (χ0v) is 31.8. The van der Waals surface area contributed by atoms with E-state index in [0.29, 0.717) is 0 Å². The lowest BCUT2D eigenvalue weighted by Crippen LogP contribution is -2.25. The molecule has 0 amide bonds. The maximum atomic E-state index is 6.58. The van der Waals surface area contributed by atoms with Crippen molar-refractivity contribution >= 4 is 65.4 Å². The maximum Gasteiger partial charge on any atom is 0.136 e. The second-order valence-electron chi connectivity index (χ2n) is 16.3. The minimum absolute atomic E-state index is 0.491. The summed E-state index contributed by atoms with van der Waals surface area (Å²) in [7, 11) is 0. The van der Waals surface area contributed by atoms with Crippen molar-refractivity contribution in [3.63, 3.8) is 0 Å². The van der Waals surface area contributed by atoms with Gasteiger partial charge in [-0.05, 0) is 131 Å². The van der Waals surface area contributed by atoms with Crippen molar-refractivity contribution in [2.45, 2.75) is 5.41 Å². The molecule has 2 aromatic heterocycles. The molecular formula is C57H32O2. The molecule has 2 nitrogen and oxygen atoms in total. The predicted molar refractivity (Wildman–Crippen MR) is 243 cm³/mol. The summed E-state index contributed by atoms with van der Waals surface area (Å²) in [5.41, 5.74) is 18.4. The van der Waals surface area contributed by atoms with Gasteiger partial charge in [-0.25, -0.2) is 0 Å². The van der Waals surface area contributed by atoms with E-state index < -0.39 is 5.41 Å². The standard InChI is InChI=1S/C57H32O2/c1-2-12-34-32-54-46(29-33(34)11-1)56-38(17-10-22-53(56)59-54)36-23-25-44-50(31-36)57(47-19-6-3-13-40(47)41-14-4-7-20-48(41)57)49-27-26-39-37(16-9-18-43(39)55(44)49)35-24-28-52-45(30-35)42-15-5-8-21-51(42)58-52/h1-32H. The Labute approximate surface area is 339 Å². The summed E-state index contributed by atoms with van der Waals surface area (Å²) in [6.45, 7) is 0. The monoisotopic (exact) mass is 748 g/mol. The first-order valence-electron chi connectivity index (χ1n) is 20.4. The Hall–Kier alpha value is -7.68. The second kappa shape index (κ2) is 11.2. The fourth-order valence-electron chi connectivity index (χ4n) is 11.1. The van der Waals surface area contributed by atoms with Crippen molar-refractivity contribution < 1.29 is 8.83 Å². The molecule has 0 saturated carbocycles. The van der Waals surface area contributed by atoms with Gasteiger partial charge < -0.3 is 8.83 Å². The van der Waals surface area contributed by atoms with Gasteiger partial charge in [0.15, 0.2) is 0 Å². The van der Waals surface area contributed by atoms with Crippen LogP contribution in [0.3, 0.4) is 0 Å². The van der Waals surface area contributed by atoms with Crippen LogP contribution in [0.2, 0.25) is 0 Å². The highest BCUT2D eigenvalue weighted by Crippen LogP contribution is 2.64. The molecule has 0 bridgehead atoms. The number of hydrogen-bond donors (Lipinski definition) is 0. The zero-order valence-electron chi connectivity index (χ0n) is 31.8. The van der Waals surface area contributed by atoms with Crippen LogP contribution in [0.5, 0.6) is 0 Å². The van der Waals surface area contributed by atoms with Crippen molar-refractivity contribution in [3.8, 4) is 44.5 Å². The molecule has 272 valence electrons. The van der Waals surface area contributed by atoms with E-state index in [9.17, 15) is 0 Å². The molecule has 12 aromatic rings. The van der Waals surface area contributed by atoms with E-state index in [4.69, 9.17) is 8.83 Å². The zero-order chi connectivity index (χ0) is 38.4. The number of hydrogen-bond acceptors (Lipinski definition) is 2. The molecule has 14 rings (SSSR count). The Morgan fingerprint density at radius 1 is 0.288 bits per heavy atom. The van der Waals surface area contributed by atoms with Gasteiger partial charge in [0, 0.05) is 21.5 Å². The minimum Gasteiger partial charge on any atom is -0.456 e. The average Bonchev–Trinajstić information content (AvgIpc) is 4.02. The van der Waals surface area contributed by atoms with Crippen molar-refractivity contribution in [1.29, 1.82) is 0 Å². The van der Waals surface area contributed by atoms with E-state index in [1.165, 1.54) is 88.3 Å². The summed E-state index contributed by atoms with van der Waals surface area (Å²) >= 11 is 0. The molecule has 0 fully saturated rings. The number of furan rings is 2. The topological polar surface area (TPSA) is 26.3 Å². The number of fused-ring (bicyclic) bond motifs is 19. The normalized spacial score (nSPS) is 13.6. The van der Waals surface area contributed by atoms with E-state index in [1.54, 1.807) is 0 Å². The highest BCUT2D eigenvalue weighted by molar-refractivity contribution is 6.17. The Kier molecular flexibility index (Phi) is 5.99. The summed E-state index contributed by atoms with van der Waals surface area (Å²) in [4.78, 5) is 0. The molecular weight excluding hydrogens is 717 g/mol. The van der Waals surface area contributed by atoms with Gasteiger partial charge in [-0.2, -0.15) is 0 Å². The molecule has 0 atom stereocenters. The van der Waals surface area contributed by atoms with Crippen molar-refractivity contribution in [1.82, 2.24) is 0 Å². The lowest BCUT2D eigenvalue weighted by molar-refractivity contribution is 0.669. The summed E-state index contributed by atoms with van der Waals surface area (Å²) in [6, 6.07) is 71.5. The van der Waals surface area contributed by atoms with Crippen LogP contribution in [0.1, 0.15) is 22.3 Å². The van der Waals surface area contributed by atoms with Gasteiger partial charge in [0.1, 0.15) is 22.3 Å². The molecule has 0 saturated heterocycles. The molecule has 1 spiro atoms. The van der Waals surface area contributed by atoms with Crippen LogP contribution in [-0.2, 0) is 5.41 Å². The Morgan fingerprint density at radius 2 is 0.915 bits per heavy atom. The first kappa shape index (κ1) is 31.4. The highest BCUT2D eigenvalue weighted by Gasteiger charge is 2.52. The van der Waals surface area contributed by atoms with Crippen LogP contribution in [0.15, 0.2) is 203 Å². The quantitative estimate of drug-likeness (QED) is 0.176. The molecule has 2 aliphatic carbocycles. The van der Waals surface area contributed by atoms with Gasteiger partial charge in [-0.15, -0.1) is 0 Å². The van der Waals surface area contributed by atoms with E-state index in [1.807, 2.05) is 12.1 Å². The van der Waals surface area contributed by atoms with Gasteiger partial charge in [-0.1, -0.05) is 152 Å². The molecule has 2 heteroatoms. The number of rotatable bonds is 2. The van der Waals surface area contributed by atoms with Crippen molar-refractivity contribution in [3.05, 3.63) is 216 Å². The summed E-state index contributed by atoms with van der Waals surface area (Å²) < 4.78 is 12.8. The van der Waals surface area contributed by atoms with Crippen molar-refractivity contribution in [2.75, 3.05) is 0 Å². The van der Waals surface area contributed by atoms with Gasteiger partial charge in [-0.3, -0.25) is 0 Å². The molecule has 2 heterocycles. The minimum atomic E-state index is -0.491. The smallest absolute Gasteiger partial charge is 0.136 e. The first-order valence-corrected chi connectivity index (χ1v) is 20.4. The molecule has 10 aromatic carbocycles. The SMILES string of the molecule is c1ccc2c(c1)-c1ccccc1C21c2cc(-c3cccc4oc5cc6ccccc6cc5c34)ccc2-c2c1ccc1c(-c3ccc4oc5ccccc5c4c3)cccc21. The van der Waals surface area contributed by atoms with Crippen molar-refractivity contribution in [2.24, 2.45) is 0 Å². The van der Waals surface area contributed by atoms with Gasteiger partial charge in [0.05, 0.1) is 5.41 Å². The lowest BCUT2D eigenvalue weighted by atomic mass is 9.70. The largest absolute Gasteiger partial charge is 0.456 e. The van der Waals surface area contributed by atoms with E-state index in [2.05, 4.69) is 182 Å². The Morgan fingerprint density at radius 3 is 1.78 bits per heavy atom. The third-order valence-corrected chi connectivity index (χ3v) is 13.5. The van der Waals surface area contributed by atoms with Crippen LogP contribution >= 0.6 is 0 Å². The van der Waals surface area contributed by atoms with Crippen LogP contribution < -0.4 is 0 Å². The predicted octanol–water partition coefficient (Wildman–Crippen LogP) is 15.5. The van der Waals surface area contributed by atoms with E-state index >= 15 is 0 Å². The molecule has 0 unspecified atom stereocenters. The van der Waals surface area contributed by atoms with Crippen LogP contribution in [0, 0.1) is 0 Å². The molecule has 0 radical (unpaired) electrons. The Bertz CT molecular complexity index is 3750. The molecule has 2 aliphatic rings. The Balaban J connectivity index is 1.06. The summed E-state index contributed by atoms with van der Waals surface area (Å²) in [6.07, 6.45) is 0. The number of benzene rings is 10. The molecule has 0 aliphatic heterocycles. The fraction of sp³-hybridized carbons (Fsp3) is 0.0175. The molecule has 59 heavy (non-hydrogen) atoms. The van der Waals surface area contributed by atoms with E-state index in [-0.39, 0.29) is 0 Å².